The Morgan fingerprint density at radius 3 is 2.93 bits per heavy atom. The first-order valence-corrected chi connectivity index (χ1v) is 5.27. The zero-order valence-corrected chi connectivity index (χ0v) is 9.02. The van der Waals surface area contributed by atoms with E-state index >= 15 is 0 Å². The molecule has 0 aromatic heterocycles. The molecule has 1 aliphatic rings. The first-order valence-electron chi connectivity index (χ1n) is 5.27. The third-order valence-corrected chi connectivity index (χ3v) is 3.13. The van der Waals surface area contributed by atoms with Crippen molar-refractivity contribution in [1.82, 2.24) is 0 Å². The van der Waals surface area contributed by atoms with E-state index in [1.807, 2.05) is 6.07 Å². The molecule has 3 rings (SSSR count). The van der Waals surface area contributed by atoms with Gasteiger partial charge in [-0.3, -0.25) is 0 Å². The molecule has 0 N–H and O–H groups in total. The van der Waals surface area contributed by atoms with Crippen LogP contribution in [0.5, 0.6) is 0 Å². The van der Waals surface area contributed by atoms with E-state index in [1.54, 1.807) is 0 Å². The maximum absolute atomic E-state index is 3.40. The summed E-state index contributed by atoms with van der Waals surface area (Å²) in [6.07, 6.45) is 1.05. The highest BCUT2D eigenvalue weighted by atomic mass is 14.2. The van der Waals surface area contributed by atoms with Crippen LogP contribution in [0.15, 0.2) is 24.3 Å². The number of aryl methyl sites for hydroxylation is 2. The Morgan fingerprint density at radius 2 is 2.07 bits per heavy atom. The number of benzene rings is 2. The average molecular weight is 192 g/mol. The lowest BCUT2D eigenvalue weighted by atomic mass is 9.99. The van der Waals surface area contributed by atoms with Crippen LogP contribution >= 0.6 is 0 Å². The Kier molecular flexibility index (Phi) is 1.72. The molecule has 15 heavy (non-hydrogen) atoms. The van der Waals surface area contributed by atoms with Gasteiger partial charge in [0.1, 0.15) is 0 Å². The fourth-order valence-corrected chi connectivity index (χ4v) is 2.45. The first kappa shape index (κ1) is 8.72. The molecule has 0 nitrogen and oxygen atoms in total. The van der Waals surface area contributed by atoms with E-state index in [4.69, 9.17) is 0 Å². The van der Waals surface area contributed by atoms with Gasteiger partial charge in [-0.2, -0.15) is 0 Å². The summed E-state index contributed by atoms with van der Waals surface area (Å²) in [5, 5.41) is 0. The van der Waals surface area contributed by atoms with Crippen molar-refractivity contribution in [3.05, 3.63) is 58.7 Å². The smallest absolute Gasteiger partial charge is 0.00104 e. The van der Waals surface area contributed by atoms with E-state index in [0.29, 0.717) is 0 Å². The molecular formula is C15H12. The van der Waals surface area contributed by atoms with Crippen LogP contribution in [0.3, 0.4) is 0 Å². The Morgan fingerprint density at radius 1 is 1.20 bits per heavy atom. The van der Waals surface area contributed by atoms with Gasteiger partial charge in [0.05, 0.1) is 0 Å². The van der Waals surface area contributed by atoms with Gasteiger partial charge in [-0.1, -0.05) is 24.3 Å². The van der Waals surface area contributed by atoms with Gasteiger partial charge >= 0.3 is 0 Å². The van der Waals surface area contributed by atoms with Crippen LogP contribution in [0.1, 0.15) is 22.3 Å². The zero-order valence-electron chi connectivity index (χ0n) is 9.02. The SMILES string of the molecule is Cc1[c]c(C)c2c(c1)-c1cc[c]cc1C2. The third-order valence-electron chi connectivity index (χ3n) is 3.13. The second-order valence-electron chi connectivity index (χ2n) is 4.23. The molecule has 2 aromatic rings. The van der Waals surface area contributed by atoms with Gasteiger partial charge in [0.25, 0.3) is 0 Å². The minimum atomic E-state index is 1.05. The molecule has 0 saturated carbocycles. The number of rotatable bonds is 0. The normalized spacial score (nSPS) is 12.4. The fraction of sp³-hybridized carbons (Fsp3) is 0.200. The molecule has 72 valence electrons. The van der Waals surface area contributed by atoms with Crippen molar-refractivity contribution in [2.75, 3.05) is 0 Å². The summed E-state index contributed by atoms with van der Waals surface area (Å²) in [6.45, 7) is 4.27. The van der Waals surface area contributed by atoms with Crippen LogP contribution in [0.4, 0.5) is 0 Å². The maximum atomic E-state index is 3.40. The summed E-state index contributed by atoms with van der Waals surface area (Å²) in [5.74, 6) is 0. The highest BCUT2D eigenvalue weighted by Gasteiger charge is 2.19. The lowest BCUT2D eigenvalue weighted by molar-refractivity contribution is 1.20. The van der Waals surface area contributed by atoms with Crippen molar-refractivity contribution in [2.24, 2.45) is 0 Å². The second kappa shape index (κ2) is 2.96. The Hall–Kier alpha value is -1.56. The van der Waals surface area contributed by atoms with E-state index in [0.717, 1.165) is 6.42 Å². The predicted octanol–water partition coefficient (Wildman–Crippen LogP) is 3.48. The molecule has 0 heterocycles. The fourth-order valence-electron chi connectivity index (χ4n) is 2.45. The van der Waals surface area contributed by atoms with Crippen molar-refractivity contribution in [2.45, 2.75) is 20.3 Å². The predicted molar refractivity (Wildman–Crippen MR) is 61.8 cm³/mol. The van der Waals surface area contributed by atoms with Crippen LogP contribution in [-0.2, 0) is 6.42 Å². The van der Waals surface area contributed by atoms with Crippen molar-refractivity contribution in [1.29, 1.82) is 0 Å². The largest absolute Gasteiger partial charge is 0.0537 e. The third kappa shape index (κ3) is 1.21. The van der Waals surface area contributed by atoms with E-state index in [1.165, 1.54) is 33.4 Å². The Bertz CT molecular complexity index is 536. The summed E-state index contributed by atoms with van der Waals surface area (Å²) in [4.78, 5) is 0. The van der Waals surface area contributed by atoms with Crippen molar-refractivity contribution >= 4 is 0 Å². The lowest BCUT2D eigenvalue weighted by Gasteiger charge is -2.05. The molecule has 0 saturated heterocycles. The monoisotopic (exact) mass is 192 g/mol. The van der Waals surface area contributed by atoms with Gasteiger partial charge in [0, 0.05) is 0 Å². The molecule has 0 bridgehead atoms. The van der Waals surface area contributed by atoms with Gasteiger partial charge in [0.2, 0.25) is 0 Å². The summed E-state index contributed by atoms with van der Waals surface area (Å²) in [7, 11) is 0. The first-order chi connectivity index (χ1) is 7.25. The molecule has 0 unspecified atom stereocenters. The lowest BCUT2D eigenvalue weighted by Crippen LogP contribution is -1.88. The van der Waals surface area contributed by atoms with Crippen LogP contribution in [0, 0.1) is 26.0 Å². The van der Waals surface area contributed by atoms with Gasteiger partial charge in [-0.25, -0.2) is 0 Å². The molecule has 0 spiro atoms. The van der Waals surface area contributed by atoms with E-state index < -0.39 is 0 Å². The minimum Gasteiger partial charge on any atom is -0.0537 e. The maximum Gasteiger partial charge on any atom is -0.00104 e. The van der Waals surface area contributed by atoms with E-state index in [9.17, 15) is 0 Å². The molecule has 0 fully saturated rings. The summed E-state index contributed by atoms with van der Waals surface area (Å²) >= 11 is 0. The van der Waals surface area contributed by atoms with Crippen LogP contribution in [0.25, 0.3) is 11.1 Å². The molecule has 0 atom stereocenters. The number of hydrogen-bond donors (Lipinski definition) is 0. The second-order valence-corrected chi connectivity index (χ2v) is 4.23. The highest BCUT2D eigenvalue weighted by molar-refractivity contribution is 5.78. The number of hydrogen-bond acceptors (Lipinski definition) is 0. The minimum absolute atomic E-state index is 1.05. The summed E-state index contributed by atoms with van der Waals surface area (Å²) in [5.41, 5.74) is 8.13. The van der Waals surface area contributed by atoms with E-state index in [-0.39, 0.29) is 0 Å². The highest BCUT2D eigenvalue weighted by Crippen LogP contribution is 2.38. The molecule has 0 heteroatoms. The summed E-state index contributed by atoms with van der Waals surface area (Å²) in [6, 6.07) is 15.1. The topological polar surface area (TPSA) is 0 Å². The van der Waals surface area contributed by atoms with Gasteiger partial charge in [-0.15, -0.1) is 0 Å². The molecule has 2 aromatic carbocycles. The number of fused-ring (bicyclic) bond motifs is 3. The average Bonchev–Trinajstić information content (AvgIpc) is 2.57. The molecular weight excluding hydrogens is 180 g/mol. The molecule has 1 aliphatic carbocycles. The quantitative estimate of drug-likeness (QED) is 0.511. The molecule has 0 amide bonds. The van der Waals surface area contributed by atoms with Crippen LogP contribution < -0.4 is 0 Å². The van der Waals surface area contributed by atoms with Gasteiger partial charge in [0.15, 0.2) is 0 Å². The standard InChI is InChI=1S/C15H12/c1-10-7-11(2)14-9-12-5-3-4-6-13(12)15(14)8-10/h4-6,8H,9H2,1-2H3. The van der Waals surface area contributed by atoms with E-state index in [2.05, 4.69) is 44.2 Å². The summed E-state index contributed by atoms with van der Waals surface area (Å²) < 4.78 is 0. The van der Waals surface area contributed by atoms with Gasteiger partial charge in [-0.05, 0) is 65.8 Å². The van der Waals surface area contributed by atoms with Crippen molar-refractivity contribution in [3.63, 3.8) is 0 Å². The molecule has 2 radical (unpaired) electrons. The Balaban J connectivity index is 2.33. The van der Waals surface area contributed by atoms with Crippen molar-refractivity contribution < 1.29 is 0 Å². The van der Waals surface area contributed by atoms with Crippen molar-refractivity contribution in [3.8, 4) is 11.1 Å². The zero-order chi connectivity index (χ0) is 10.4. The molecule has 0 aliphatic heterocycles. The van der Waals surface area contributed by atoms with Gasteiger partial charge < -0.3 is 0 Å². The van der Waals surface area contributed by atoms with Crippen LogP contribution in [-0.4, -0.2) is 0 Å². The van der Waals surface area contributed by atoms with Crippen LogP contribution in [0.2, 0.25) is 0 Å². The Labute approximate surface area is 90.6 Å².